The number of hydrogen-bond acceptors (Lipinski definition) is 5. The normalized spacial score (nSPS) is 19.9. The molecule has 1 aromatic heterocycles. The Morgan fingerprint density at radius 3 is 2.71 bits per heavy atom. The summed E-state index contributed by atoms with van der Waals surface area (Å²) in [6.45, 7) is 1.65. The molecule has 1 atom stereocenters. The molecule has 1 amide bonds. The first-order valence-corrected chi connectivity index (χ1v) is 11.0. The predicted octanol–water partition coefficient (Wildman–Crippen LogP) is 2.04. The molecule has 3 heterocycles. The summed E-state index contributed by atoms with van der Waals surface area (Å²) < 4.78 is 29.3. The van der Waals surface area contributed by atoms with E-state index in [2.05, 4.69) is 11.1 Å². The minimum absolute atomic E-state index is 0.0676. The Morgan fingerprint density at radius 1 is 1.14 bits per heavy atom. The second-order valence-electron chi connectivity index (χ2n) is 7.18. The molecule has 0 radical (unpaired) electrons. The van der Waals surface area contributed by atoms with Crippen molar-refractivity contribution in [1.29, 1.82) is 0 Å². The first-order valence-electron chi connectivity index (χ1n) is 9.28. The maximum Gasteiger partial charge on any atom is 0.227 e. The number of carbonyl (C=O) groups is 1. The molecule has 6 nitrogen and oxygen atoms in total. The minimum atomic E-state index is -3.25. The van der Waals surface area contributed by atoms with E-state index in [0.717, 1.165) is 29.7 Å². The van der Waals surface area contributed by atoms with Crippen molar-refractivity contribution in [2.45, 2.75) is 32.0 Å². The van der Waals surface area contributed by atoms with E-state index < -0.39 is 15.9 Å². The molecular formula is C21H22N2O4S. The molecule has 0 N–H and O–H groups in total. The molecule has 0 saturated heterocycles. The van der Waals surface area contributed by atoms with E-state index in [9.17, 15) is 13.2 Å². The summed E-state index contributed by atoms with van der Waals surface area (Å²) in [6, 6.07) is 9.29. The highest BCUT2D eigenvalue weighted by Crippen LogP contribution is 2.22. The second-order valence-corrected chi connectivity index (χ2v) is 9.12. The molecule has 1 aromatic carbocycles. The van der Waals surface area contributed by atoms with Gasteiger partial charge in [0.05, 0.1) is 31.4 Å². The molecule has 0 fully saturated rings. The number of carbonyl (C=O) groups excluding carboxylic acids is 1. The highest BCUT2D eigenvalue weighted by Gasteiger charge is 2.30. The van der Waals surface area contributed by atoms with Gasteiger partial charge in [-0.1, -0.05) is 18.2 Å². The van der Waals surface area contributed by atoms with Gasteiger partial charge in [0.1, 0.15) is 0 Å². The Morgan fingerprint density at radius 2 is 1.96 bits per heavy atom. The molecule has 4 rings (SSSR count). The zero-order valence-corrected chi connectivity index (χ0v) is 16.3. The van der Waals surface area contributed by atoms with Gasteiger partial charge in [-0.05, 0) is 46.9 Å². The molecule has 146 valence electrons. The lowest BCUT2D eigenvalue weighted by Crippen LogP contribution is -2.41. The molecule has 0 aliphatic carbocycles. The van der Waals surface area contributed by atoms with Crippen LogP contribution >= 0.6 is 0 Å². The van der Waals surface area contributed by atoms with Crippen LogP contribution in [0.15, 0.2) is 54.2 Å². The number of amides is 1. The van der Waals surface area contributed by atoms with Crippen LogP contribution in [0.3, 0.4) is 0 Å². The summed E-state index contributed by atoms with van der Waals surface area (Å²) in [6.07, 6.45) is 6.06. The molecular weight excluding hydrogens is 376 g/mol. The summed E-state index contributed by atoms with van der Waals surface area (Å²) in [5.74, 6) is -0.165. The van der Waals surface area contributed by atoms with E-state index in [4.69, 9.17) is 4.74 Å². The number of nitrogens with zero attached hydrogens (tertiary/aromatic N) is 2. The molecule has 0 spiro atoms. The Hall–Kier alpha value is -2.51. The van der Waals surface area contributed by atoms with Crippen LogP contribution in [-0.2, 0) is 45.4 Å². The summed E-state index contributed by atoms with van der Waals surface area (Å²) in [7, 11) is -3.25. The largest absolute Gasteiger partial charge is 0.376 e. The van der Waals surface area contributed by atoms with Crippen LogP contribution in [0.1, 0.15) is 22.3 Å². The Labute approximate surface area is 164 Å². The van der Waals surface area contributed by atoms with E-state index in [1.807, 2.05) is 24.3 Å². The number of sulfone groups is 1. The van der Waals surface area contributed by atoms with Crippen molar-refractivity contribution < 1.29 is 17.9 Å². The van der Waals surface area contributed by atoms with Crippen molar-refractivity contribution in [2.75, 3.05) is 12.4 Å². The van der Waals surface area contributed by atoms with Crippen molar-refractivity contribution in [2.24, 2.45) is 0 Å². The molecule has 28 heavy (non-hydrogen) atoms. The van der Waals surface area contributed by atoms with Gasteiger partial charge in [-0.3, -0.25) is 9.78 Å². The van der Waals surface area contributed by atoms with E-state index >= 15 is 0 Å². The van der Waals surface area contributed by atoms with Gasteiger partial charge in [0.2, 0.25) is 5.91 Å². The molecule has 2 aromatic rings. The van der Waals surface area contributed by atoms with Gasteiger partial charge in [0.25, 0.3) is 0 Å². The molecule has 0 bridgehead atoms. The summed E-state index contributed by atoms with van der Waals surface area (Å²) in [4.78, 5) is 18.8. The average molecular weight is 398 g/mol. The van der Waals surface area contributed by atoms with E-state index in [1.54, 1.807) is 23.4 Å². The first kappa shape index (κ1) is 18.8. The Bertz CT molecular complexity index is 1000. The SMILES string of the molecule is O=C(Cc1ccc2c(c1)COCC2)N(Cc1ccncc1)C1C=CS(=O)(=O)C1. The molecule has 0 saturated carbocycles. The van der Waals surface area contributed by atoms with Gasteiger partial charge in [0.15, 0.2) is 9.84 Å². The summed E-state index contributed by atoms with van der Waals surface area (Å²) in [5, 5.41) is 1.21. The fourth-order valence-electron chi connectivity index (χ4n) is 3.64. The standard InChI is InChI=1S/C21H22N2O4S/c24-21(12-17-1-2-18-5-9-27-14-19(18)11-17)23(13-16-3-7-22-8-4-16)20-6-10-28(25,26)15-20/h1-4,6-8,10-11,20H,5,9,12-15H2. The number of ether oxygens (including phenoxy) is 1. The van der Waals surface area contributed by atoms with Crippen LogP contribution in [0.4, 0.5) is 0 Å². The van der Waals surface area contributed by atoms with Gasteiger partial charge in [0, 0.05) is 24.3 Å². The van der Waals surface area contributed by atoms with E-state index in [1.165, 1.54) is 11.0 Å². The molecule has 7 heteroatoms. The topological polar surface area (TPSA) is 76.6 Å². The van der Waals surface area contributed by atoms with Crippen LogP contribution in [0.5, 0.6) is 0 Å². The number of aromatic nitrogens is 1. The number of hydrogen-bond donors (Lipinski definition) is 0. The molecule has 2 aliphatic heterocycles. The maximum atomic E-state index is 13.1. The van der Waals surface area contributed by atoms with Crippen LogP contribution in [0, 0.1) is 0 Å². The molecule has 2 aliphatic rings. The van der Waals surface area contributed by atoms with Crippen molar-refractivity contribution in [3.8, 4) is 0 Å². The number of fused-ring (bicyclic) bond motifs is 1. The average Bonchev–Trinajstić information content (AvgIpc) is 3.06. The van der Waals surface area contributed by atoms with Crippen LogP contribution in [0.25, 0.3) is 0 Å². The van der Waals surface area contributed by atoms with Gasteiger partial charge >= 0.3 is 0 Å². The molecule has 1 unspecified atom stereocenters. The second kappa shape index (κ2) is 7.85. The van der Waals surface area contributed by atoms with Crippen molar-refractivity contribution in [1.82, 2.24) is 9.88 Å². The highest BCUT2D eigenvalue weighted by atomic mass is 32.2. The monoisotopic (exact) mass is 398 g/mol. The van der Waals surface area contributed by atoms with Gasteiger partial charge in [-0.15, -0.1) is 0 Å². The van der Waals surface area contributed by atoms with Gasteiger partial charge in [-0.2, -0.15) is 0 Å². The number of rotatable bonds is 5. The first-order chi connectivity index (χ1) is 13.5. The van der Waals surface area contributed by atoms with Crippen LogP contribution < -0.4 is 0 Å². The zero-order valence-electron chi connectivity index (χ0n) is 15.5. The number of benzene rings is 1. The van der Waals surface area contributed by atoms with Crippen molar-refractivity contribution in [3.63, 3.8) is 0 Å². The lowest BCUT2D eigenvalue weighted by atomic mass is 9.98. The fourth-order valence-corrected chi connectivity index (χ4v) is 4.94. The van der Waals surface area contributed by atoms with E-state index in [-0.39, 0.29) is 18.1 Å². The maximum absolute atomic E-state index is 13.1. The smallest absolute Gasteiger partial charge is 0.227 e. The third-order valence-electron chi connectivity index (χ3n) is 5.13. The van der Waals surface area contributed by atoms with Crippen molar-refractivity contribution >= 4 is 15.7 Å². The number of pyridine rings is 1. The van der Waals surface area contributed by atoms with Crippen LogP contribution in [0.2, 0.25) is 0 Å². The van der Waals surface area contributed by atoms with Crippen LogP contribution in [-0.4, -0.2) is 42.6 Å². The summed E-state index contributed by atoms with van der Waals surface area (Å²) >= 11 is 0. The van der Waals surface area contributed by atoms with E-state index in [0.29, 0.717) is 13.2 Å². The third-order valence-corrected chi connectivity index (χ3v) is 6.51. The van der Waals surface area contributed by atoms with Gasteiger partial charge < -0.3 is 9.64 Å². The Kier molecular flexibility index (Phi) is 5.28. The lowest BCUT2D eigenvalue weighted by molar-refractivity contribution is -0.132. The minimum Gasteiger partial charge on any atom is -0.376 e. The Balaban J connectivity index is 1.55. The summed E-state index contributed by atoms with van der Waals surface area (Å²) in [5.41, 5.74) is 4.22. The third kappa shape index (κ3) is 4.31. The quantitative estimate of drug-likeness (QED) is 0.770. The van der Waals surface area contributed by atoms with Gasteiger partial charge in [-0.25, -0.2) is 8.42 Å². The fraction of sp³-hybridized carbons (Fsp3) is 0.333. The lowest BCUT2D eigenvalue weighted by Gasteiger charge is -2.28. The highest BCUT2D eigenvalue weighted by molar-refractivity contribution is 7.94. The zero-order chi connectivity index (χ0) is 19.6. The predicted molar refractivity (Wildman–Crippen MR) is 105 cm³/mol. The van der Waals surface area contributed by atoms with Crippen molar-refractivity contribution in [3.05, 3.63) is 76.5 Å².